The van der Waals surface area contributed by atoms with Crippen molar-refractivity contribution in [2.75, 3.05) is 5.32 Å². The molecule has 1 N–H and O–H groups in total. The molecule has 1 aliphatic heterocycles. The largest absolute Gasteiger partial charge is 0.348 e. The average molecular weight is 161 g/mol. The van der Waals surface area contributed by atoms with E-state index in [1.807, 2.05) is 0 Å². The number of fused-ring (bicyclic) bond motifs is 1. The highest BCUT2D eigenvalue weighted by atomic mass is 16.2. The molecule has 0 saturated carbocycles. The summed E-state index contributed by atoms with van der Waals surface area (Å²) in [7, 11) is 0. The summed E-state index contributed by atoms with van der Waals surface area (Å²) in [5.41, 5.74) is 0.972. The van der Waals surface area contributed by atoms with Crippen LogP contribution in [-0.2, 0) is 0 Å². The van der Waals surface area contributed by atoms with Crippen molar-refractivity contribution in [1.82, 2.24) is 5.32 Å². The molecule has 0 saturated heterocycles. The van der Waals surface area contributed by atoms with Crippen molar-refractivity contribution in [3.8, 4) is 0 Å². The second-order valence-electron chi connectivity index (χ2n) is 2.39. The molecule has 0 aliphatic carbocycles. The topological polar surface area (TPSA) is 60.3 Å². The van der Waals surface area contributed by atoms with Crippen LogP contribution in [0.5, 0.6) is 0 Å². The van der Waals surface area contributed by atoms with Crippen LogP contribution in [-0.4, -0.2) is 11.9 Å². The predicted molar refractivity (Wildman–Crippen MR) is 41.9 cm³/mol. The number of carbonyl (C=O) groups is 2. The lowest BCUT2D eigenvalue weighted by molar-refractivity contribution is 0.0960. The Bertz CT molecular complexity index is 360. The number of urea groups is 1. The minimum atomic E-state index is -0.598. The summed E-state index contributed by atoms with van der Waals surface area (Å²) in [6.07, 6.45) is 0. The molecule has 4 heteroatoms. The van der Waals surface area contributed by atoms with Crippen LogP contribution in [0, 0.1) is 0 Å². The lowest BCUT2D eigenvalue weighted by atomic mass is 10.1. The van der Waals surface area contributed by atoms with Gasteiger partial charge in [0.2, 0.25) is 0 Å². The molecule has 0 fully saturated rings. The van der Waals surface area contributed by atoms with Crippen LogP contribution in [0.4, 0.5) is 10.5 Å². The van der Waals surface area contributed by atoms with Crippen molar-refractivity contribution in [2.45, 2.75) is 0 Å². The summed E-state index contributed by atoms with van der Waals surface area (Å²) in [6, 6.07) is 6.17. The third-order valence-electron chi connectivity index (χ3n) is 1.60. The number of nitrogens with one attached hydrogen (secondary N) is 1. The van der Waals surface area contributed by atoms with E-state index < -0.39 is 11.9 Å². The predicted octanol–water partition coefficient (Wildman–Crippen LogP) is 0.977. The average Bonchev–Trinajstić information content (AvgIpc) is 2.04. The van der Waals surface area contributed by atoms with Crippen LogP contribution in [0.1, 0.15) is 10.4 Å². The minimum absolute atomic E-state index is 0.442. The molecule has 4 nitrogen and oxygen atoms in total. The van der Waals surface area contributed by atoms with E-state index in [0.717, 1.165) is 0 Å². The Morgan fingerprint density at radius 3 is 2.75 bits per heavy atom. The van der Waals surface area contributed by atoms with E-state index >= 15 is 0 Å². The van der Waals surface area contributed by atoms with Gasteiger partial charge in [-0.1, -0.05) is 12.1 Å². The summed E-state index contributed by atoms with van der Waals surface area (Å²) in [5, 5.41) is 5.70. The van der Waals surface area contributed by atoms with E-state index in [1.54, 1.807) is 24.3 Å². The number of amides is 3. The normalized spacial score (nSPS) is 14.7. The van der Waals surface area contributed by atoms with Crippen LogP contribution in [0.3, 0.4) is 0 Å². The first-order chi connectivity index (χ1) is 5.77. The lowest BCUT2D eigenvalue weighted by Gasteiger charge is -2.13. The second-order valence-corrected chi connectivity index (χ2v) is 2.39. The number of carbonyl (C=O) groups excluding carboxylic acids is 2. The minimum Gasteiger partial charge on any atom is -0.305 e. The van der Waals surface area contributed by atoms with Gasteiger partial charge < -0.3 is 5.32 Å². The zero-order chi connectivity index (χ0) is 8.55. The highest BCUT2D eigenvalue weighted by Crippen LogP contribution is 2.17. The number of rotatable bonds is 0. The van der Waals surface area contributed by atoms with Gasteiger partial charge in [0.1, 0.15) is 0 Å². The van der Waals surface area contributed by atoms with Crippen molar-refractivity contribution in [2.24, 2.45) is 0 Å². The van der Waals surface area contributed by atoms with Gasteiger partial charge in [0.05, 0.1) is 11.3 Å². The van der Waals surface area contributed by atoms with Crippen molar-refractivity contribution < 1.29 is 9.59 Å². The summed E-state index contributed by atoms with van der Waals surface area (Å²) in [6.45, 7) is 0. The molecular formula is C8H5N2O2. The molecule has 1 aromatic carbocycles. The quantitative estimate of drug-likeness (QED) is 0.616. The van der Waals surface area contributed by atoms with Gasteiger partial charge in [-0.05, 0) is 12.1 Å². The monoisotopic (exact) mass is 161 g/mol. The number of hydrogen-bond donors (Lipinski definition) is 1. The van der Waals surface area contributed by atoms with Crippen LogP contribution >= 0.6 is 0 Å². The third-order valence-corrected chi connectivity index (χ3v) is 1.60. The van der Waals surface area contributed by atoms with E-state index in [2.05, 4.69) is 10.6 Å². The Labute approximate surface area is 68.6 Å². The van der Waals surface area contributed by atoms with Gasteiger partial charge in [-0.15, -0.1) is 0 Å². The Hall–Kier alpha value is -1.84. The van der Waals surface area contributed by atoms with E-state index in [-0.39, 0.29) is 0 Å². The third kappa shape index (κ3) is 0.934. The second kappa shape index (κ2) is 2.34. The number of anilines is 1. The molecule has 1 aliphatic rings. The maximum atomic E-state index is 11.1. The smallest absolute Gasteiger partial charge is 0.305 e. The summed E-state index contributed by atoms with van der Waals surface area (Å²) < 4.78 is 0. The Morgan fingerprint density at radius 1 is 1.17 bits per heavy atom. The fourth-order valence-electron chi connectivity index (χ4n) is 1.07. The molecule has 12 heavy (non-hydrogen) atoms. The molecule has 1 radical (unpaired) electrons. The maximum absolute atomic E-state index is 11.1. The summed E-state index contributed by atoms with van der Waals surface area (Å²) >= 11 is 0. The zero-order valence-corrected chi connectivity index (χ0v) is 6.07. The van der Waals surface area contributed by atoms with Crippen LogP contribution in [0.2, 0.25) is 0 Å². The molecule has 0 bridgehead atoms. The first kappa shape index (κ1) is 6.84. The van der Waals surface area contributed by atoms with Gasteiger partial charge in [0.15, 0.2) is 0 Å². The Balaban J connectivity index is 2.54. The first-order valence-electron chi connectivity index (χ1n) is 3.43. The molecule has 3 amide bonds. The molecule has 0 spiro atoms. The number of benzene rings is 1. The van der Waals surface area contributed by atoms with Crippen LogP contribution < -0.4 is 10.6 Å². The van der Waals surface area contributed by atoms with E-state index in [0.29, 0.717) is 11.3 Å². The van der Waals surface area contributed by atoms with Gasteiger partial charge in [-0.25, -0.2) is 4.79 Å². The van der Waals surface area contributed by atoms with Gasteiger partial charge in [-0.2, -0.15) is 5.32 Å². The van der Waals surface area contributed by atoms with E-state index in [1.165, 1.54) is 0 Å². The molecule has 2 rings (SSSR count). The maximum Gasteiger partial charge on any atom is 0.348 e. The highest BCUT2D eigenvalue weighted by Gasteiger charge is 2.22. The molecule has 1 heterocycles. The van der Waals surface area contributed by atoms with Gasteiger partial charge in [0, 0.05) is 0 Å². The van der Waals surface area contributed by atoms with Crippen molar-refractivity contribution in [3.05, 3.63) is 29.8 Å². The standard InChI is InChI=1S/C8H5N2O2/c11-7-5-3-1-2-4-6(5)9-8(12)10-7/h1-4H,(H,9,12). The highest BCUT2D eigenvalue weighted by molar-refractivity contribution is 6.15. The van der Waals surface area contributed by atoms with E-state index in [9.17, 15) is 9.59 Å². The van der Waals surface area contributed by atoms with Crippen molar-refractivity contribution in [3.63, 3.8) is 0 Å². The number of imide groups is 1. The fourth-order valence-corrected chi connectivity index (χ4v) is 1.07. The molecule has 0 atom stereocenters. The zero-order valence-electron chi connectivity index (χ0n) is 6.07. The van der Waals surface area contributed by atoms with Crippen molar-refractivity contribution >= 4 is 17.6 Å². The SMILES string of the molecule is O=C1[N]C(=O)c2ccccc2N1. The molecule has 0 aromatic heterocycles. The van der Waals surface area contributed by atoms with E-state index in [4.69, 9.17) is 0 Å². The Kier molecular flexibility index (Phi) is 1.33. The van der Waals surface area contributed by atoms with Crippen LogP contribution in [0.25, 0.3) is 0 Å². The van der Waals surface area contributed by atoms with Crippen LogP contribution in [0.15, 0.2) is 24.3 Å². The molecular weight excluding hydrogens is 156 g/mol. The number of nitrogens with zero attached hydrogens (tertiary/aromatic N) is 1. The number of hydrogen-bond acceptors (Lipinski definition) is 2. The fraction of sp³-hybridized carbons (Fsp3) is 0. The number of para-hydroxylation sites is 1. The molecule has 0 unspecified atom stereocenters. The Morgan fingerprint density at radius 2 is 1.92 bits per heavy atom. The molecule has 59 valence electrons. The van der Waals surface area contributed by atoms with Crippen molar-refractivity contribution in [1.29, 1.82) is 0 Å². The summed E-state index contributed by atoms with van der Waals surface area (Å²) in [5.74, 6) is -0.477. The lowest BCUT2D eigenvalue weighted by Crippen LogP contribution is -2.33. The summed E-state index contributed by atoms with van der Waals surface area (Å²) in [4.78, 5) is 21.8. The van der Waals surface area contributed by atoms with Gasteiger partial charge in [-0.3, -0.25) is 4.79 Å². The van der Waals surface area contributed by atoms with Gasteiger partial charge in [0.25, 0.3) is 5.91 Å². The van der Waals surface area contributed by atoms with Gasteiger partial charge >= 0.3 is 6.03 Å². The first-order valence-corrected chi connectivity index (χ1v) is 3.43. The molecule has 1 aromatic rings.